The minimum atomic E-state index is 0.328. The van der Waals surface area contributed by atoms with E-state index in [4.69, 9.17) is 4.74 Å². The molecule has 5 heteroatoms. The van der Waals surface area contributed by atoms with E-state index in [1.807, 2.05) is 12.1 Å². The Morgan fingerprint density at radius 1 is 1.15 bits per heavy atom. The molecule has 0 unspecified atom stereocenters. The number of methoxy groups -OCH3 is 1. The zero-order valence-electron chi connectivity index (χ0n) is 12.4. The van der Waals surface area contributed by atoms with Crippen LogP contribution in [-0.2, 0) is 0 Å². The van der Waals surface area contributed by atoms with Gasteiger partial charge in [-0.15, -0.1) is 0 Å². The van der Waals surface area contributed by atoms with Gasteiger partial charge in [0.25, 0.3) is 0 Å². The quantitative estimate of drug-likeness (QED) is 0.906. The highest BCUT2D eigenvalue weighted by molar-refractivity contribution is 5.62. The molecule has 5 nitrogen and oxygen atoms in total. The summed E-state index contributed by atoms with van der Waals surface area (Å²) >= 11 is 0. The molecule has 0 radical (unpaired) electrons. The van der Waals surface area contributed by atoms with Crippen LogP contribution in [0, 0.1) is 13.8 Å². The van der Waals surface area contributed by atoms with Crippen LogP contribution in [0.2, 0.25) is 0 Å². The third-order valence-corrected chi connectivity index (χ3v) is 3.18. The van der Waals surface area contributed by atoms with Gasteiger partial charge in [-0.25, -0.2) is 0 Å². The Bertz CT molecular complexity index is 598. The van der Waals surface area contributed by atoms with Crippen molar-refractivity contribution in [3.8, 4) is 17.4 Å². The second-order valence-electron chi connectivity index (χ2n) is 4.64. The van der Waals surface area contributed by atoms with Crippen molar-refractivity contribution < 1.29 is 4.74 Å². The Kier molecular flexibility index (Phi) is 4.50. The topological polar surface area (TPSA) is 59.9 Å². The fourth-order valence-electron chi connectivity index (χ4n) is 1.88. The van der Waals surface area contributed by atoms with Gasteiger partial charge in [-0.2, -0.15) is 15.0 Å². The van der Waals surface area contributed by atoms with E-state index in [-0.39, 0.29) is 0 Å². The van der Waals surface area contributed by atoms with Gasteiger partial charge in [0.05, 0.1) is 7.11 Å². The Labute approximate surface area is 119 Å². The zero-order chi connectivity index (χ0) is 14.5. The highest BCUT2D eigenvalue weighted by Gasteiger charge is 2.11. The third-order valence-electron chi connectivity index (χ3n) is 3.18. The van der Waals surface area contributed by atoms with Crippen LogP contribution in [0.4, 0.5) is 5.95 Å². The summed E-state index contributed by atoms with van der Waals surface area (Å²) in [6.07, 6.45) is 1.01. The van der Waals surface area contributed by atoms with Crippen LogP contribution in [0.15, 0.2) is 18.2 Å². The molecule has 0 saturated heterocycles. The summed E-state index contributed by atoms with van der Waals surface area (Å²) < 4.78 is 5.16. The Hall–Kier alpha value is -2.17. The first kappa shape index (κ1) is 14.2. The monoisotopic (exact) mass is 272 g/mol. The van der Waals surface area contributed by atoms with Crippen LogP contribution in [-0.4, -0.2) is 28.6 Å². The van der Waals surface area contributed by atoms with Crippen molar-refractivity contribution in [1.82, 2.24) is 15.0 Å². The normalized spacial score (nSPS) is 10.4. The molecular weight excluding hydrogens is 252 g/mol. The average molecular weight is 272 g/mol. The molecule has 0 fully saturated rings. The van der Waals surface area contributed by atoms with Crippen molar-refractivity contribution in [3.05, 3.63) is 29.3 Å². The van der Waals surface area contributed by atoms with Gasteiger partial charge in [-0.3, -0.25) is 0 Å². The molecule has 106 valence electrons. The SMILES string of the molecule is CCCNc1nc(OC)nc(-c2cccc(C)c2C)n1. The van der Waals surface area contributed by atoms with E-state index in [1.54, 1.807) is 7.11 Å². The van der Waals surface area contributed by atoms with E-state index >= 15 is 0 Å². The van der Waals surface area contributed by atoms with E-state index in [2.05, 4.69) is 47.1 Å². The first-order chi connectivity index (χ1) is 9.65. The van der Waals surface area contributed by atoms with Crippen molar-refractivity contribution in [2.45, 2.75) is 27.2 Å². The molecule has 2 rings (SSSR count). The van der Waals surface area contributed by atoms with Crippen LogP contribution < -0.4 is 10.1 Å². The van der Waals surface area contributed by atoms with Crippen molar-refractivity contribution in [2.24, 2.45) is 0 Å². The van der Waals surface area contributed by atoms with Crippen LogP contribution in [0.3, 0.4) is 0 Å². The summed E-state index contributed by atoms with van der Waals surface area (Å²) in [5, 5.41) is 3.17. The number of aryl methyl sites for hydroxylation is 1. The minimum absolute atomic E-state index is 0.328. The summed E-state index contributed by atoms with van der Waals surface area (Å²) in [4.78, 5) is 13.0. The predicted molar refractivity (Wildman–Crippen MR) is 80.1 cm³/mol. The van der Waals surface area contributed by atoms with Gasteiger partial charge in [-0.05, 0) is 31.4 Å². The molecular formula is C15H20N4O. The molecule has 1 N–H and O–H groups in total. The number of benzene rings is 1. The second-order valence-corrected chi connectivity index (χ2v) is 4.64. The van der Waals surface area contributed by atoms with E-state index in [1.165, 1.54) is 11.1 Å². The molecule has 0 aliphatic heterocycles. The van der Waals surface area contributed by atoms with Crippen LogP contribution in [0.1, 0.15) is 24.5 Å². The van der Waals surface area contributed by atoms with Crippen molar-refractivity contribution >= 4 is 5.95 Å². The average Bonchev–Trinajstić information content (AvgIpc) is 2.47. The van der Waals surface area contributed by atoms with Gasteiger partial charge >= 0.3 is 6.01 Å². The number of nitrogens with one attached hydrogen (secondary N) is 1. The molecule has 0 amide bonds. The first-order valence-corrected chi connectivity index (χ1v) is 6.76. The fraction of sp³-hybridized carbons (Fsp3) is 0.400. The Morgan fingerprint density at radius 2 is 1.95 bits per heavy atom. The summed E-state index contributed by atoms with van der Waals surface area (Å²) in [7, 11) is 1.56. The lowest BCUT2D eigenvalue weighted by Gasteiger charge is -2.10. The van der Waals surface area contributed by atoms with Crippen LogP contribution >= 0.6 is 0 Å². The van der Waals surface area contributed by atoms with E-state index in [9.17, 15) is 0 Å². The van der Waals surface area contributed by atoms with Gasteiger partial charge in [0.2, 0.25) is 5.95 Å². The molecule has 1 aromatic heterocycles. The van der Waals surface area contributed by atoms with Crippen LogP contribution in [0.5, 0.6) is 6.01 Å². The highest BCUT2D eigenvalue weighted by Crippen LogP contribution is 2.24. The molecule has 1 aromatic carbocycles. The van der Waals surface area contributed by atoms with Gasteiger partial charge in [0.1, 0.15) is 0 Å². The highest BCUT2D eigenvalue weighted by atomic mass is 16.5. The summed E-state index contributed by atoms with van der Waals surface area (Å²) in [5.41, 5.74) is 3.39. The predicted octanol–water partition coefficient (Wildman–Crippen LogP) is 2.99. The number of rotatable bonds is 5. The Balaban J connectivity index is 2.47. The van der Waals surface area contributed by atoms with Crippen molar-refractivity contribution in [2.75, 3.05) is 19.0 Å². The van der Waals surface area contributed by atoms with Crippen molar-refractivity contribution in [1.29, 1.82) is 0 Å². The lowest BCUT2D eigenvalue weighted by atomic mass is 10.0. The maximum absolute atomic E-state index is 5.16. The van der Waals surface area contributed by atoms with Crippen LogP contribution in [0.25, 0.3) is 11.4 Å². The lowest BCUT2D eigenvalue weighted by Crippen LogP contribution is -2.08. The van der Waals surface area contributed by atoms with Crippen molar-refractivity contribution in [3.63, 3.8) is 0 Å². The lowest BCUT2D eigenvalue weighted by molar-refractivity contribution is 0.379. The second kappa shape index (κ2) is 6.32. The summed E-state index contributed by atoms with van der Waals surface area (Å²) in [6, 6.07) is 6.43. The van der Waals surface area contributed by atoms with E-state index in [0.717, 1.165) is 18.5 Å². The van der Waals surface area contributed by atoms with Gasteiger partial charge < -0.3 is 10.1 Å². The molecule has 0 saturated carbocycles. The molecule has 1 heterocycles. The molecule has 2 aromatic rings. The summed E-state index contributed by atoms with van der Waals surface area (Å²) in [5.74, 6) is 1.19. The molecule has 0 aliphatic rings. The third kappa shape index (κ3) is 3.04. The zero-order valence-corrected chi connectivity index (χ0v) is 12.4. The Morgan fingerprint density at radius 3 is 2.65 bits per heavy atom. The summed E-state index contributed by atoms with van der Waals surface area (Å²) in [6.45, 7) is 7.06. The maximum Gasteiger partial charge on any atom is 0.321 e. The van der Waals surface area contributed by atoms with Gasteiger partial charge in [0, 0.05) is 12.1 Å². The largest absolute Gasteiger partial charge is 0.467 e. The van der Waals surface area contributed by atoms with Gasteiger partial charge in [0.15, 0.2) is 5.82 Å². The number of ether oxygens (including phenoxy) is 1. The molecule has 20 heavy (non-hydrogen) atoms. The number of anilines is 1. The smallest absolute Gasteiger partial charge is 0.321 e. The minimum Gasteiger partial charge on any atom is -0.467 e. The first-order valence-electron chi connectivity index (χ1n) is 6.76. The van der Waals surface area contributed by atoms with Gasteiger partial charge in [-0.1, -0.05) is 25.1 Å². The molecule has 0 aliphatic carbocycles. The number of nitrogens with zero attached hydrogens (tertiary/aromatic N) is 3. The van der Waals surface area contributed by atoms with E-state index in [0.29, 0.717) is 17.8 Å². The molecule has 0 spiro atoms. The number of hydrogen-bond donors (Lipinski definition) is 1. The van der Waals surface area contributed by atoms with E-state index < -0.39 is 0 Å². The molecule has 0 bridgehead atoms. The fourth-order valence-corrected chi connectivity index (χ4v) is 1.88. The number of hydrogen-bond acceptors (Lipinski definition) is 5. The molecule has 0 atom stereocenters. The standard InChI is InChI=1S/C15H20N4O/c1-5-9-16-14-17-13(18-15(19-14)20-4)12-8-6-7-10(2)11(12)3/h6-8H,5,9H2,1-4H3,(H,16,17,18,19). The number of aromatic nitrogens is 3. The maximum atomic E-state index is 5.16.